The summed E-state index contributed by atoms with van der Waals surface area (Å²) in [5, 5.41) is 0.765. The summed E-state index contributed by atoms with van der Waals surface area (Å²) in [6, 6.07) is 14.2. The molecule has 0 aliphatic rings. The molecule has 1 nitrogen and oxygen atoms in total. The van der Waals surface area contributed by atoms with Crippen molar-refractivity contribution >= 4 is 23.4 Å². The van der Waals surface area contributed by atoms with Gasteiger partial charge >= 0.3 is 0 Å². The Bertz CT molecular complexity index is 517. The van der Waals surface area contributed by atoms with Gasteiger partial charge in [-0.15, -0.1) is 11.8 Å². The van der Waals surface area contributed by atoms with Crippen LogP contribution >= 0.6 is 23.4 Å². The van der Waals surface area contributed by atoms with Crippen molar-refractivity contribution in [2.75, 3.05) is 12.4 Å². The number of ether oxygens (including phenoxy) is 1. The van der Waals surface area contributed by atoms with E-state index >= 15 is 0 Å². The molecule has 2 aromatic carbocycles. The SMILES string of the molecule is Cc1cc(Cl)cc(C)c1OCCSc1ccccc1. The second-order valence-electron chi connectivity index (χ2n) is 4.38. The van der Waals surface area contributed by atoms with Crippen LogP contribution in [0.15, 0.2) is 47.4 Å². The van der Waals surface area contributed by atoms with Gasteiger partial charge in [0, 0.05) is 15.7 Å². The summed E-state index contributed by atoms with van der Waals surface area (Å²) in [6.07, 6.45) is 0. The Hall–Kier alpha value is -1.12. The lowest BCUT2D eigenvalue weighted by Gasteiger charge is -2.12. The smallest absolute Gasteiger partial charge is 0.125 e. The fourth-order valence-corrected chi connectivity index (χ4v) is 3.02. The first-order valence-electron chi connectivity index (χ1n) is 6.24. The molecule has 3 heteroatoms. The summed E-state index contributed by atoms with van der Waals surface area (Å²) in [4.78, 5) is 1.27. The molecule has 0 bridgehead atoms. The molecule has 0 aromatic heterocycles. The zero-order valence-corrected chi connectivity index (χ0v) is 12.7. The quantitative estimate of drug-likeness (QED) is 0.558. The normalized spacial score (nSPS) is 10.5. The van der Waals surface area contributed by atoms with E-state index < -0.39 is 0 Å². The van der Waals surface area contributed by atoms with Gasteiger partial charge in [0.1, 0.15) is 5.75 Å². The lowest BCUT2D eigenvalue weighted by Crippen LogP contribution is -2.03. The first-order valence-corrected chi connectivity index (χ1v) is 7.60. The van der Waals surface area contributed by atoms with Crippen LogP contribution in [0.1, 0.15) is 11.1 Å². The molecule has 0 atom stereocenters. The van der Waals surface area contributed by atoms with Crippen LogP contribution in [0.3, 0.4) is 0 Å². The van der Waals surface area contributed by atoms with Crippen molar-refractivity contribution < 1.29 is 4.74 Å². The second kappa shape index (κ2) is 6.88. The summed E-state index contributed by atoms with van der Waals surface area (Å²) in [7, 11) is 0. The number of hydrogen-bond donors (Lipinski definition) is 0. The fraction of sp³-hybridized carbons (Fsp3) is 0.250. The highest BCUT2D eigenvalue weighted by atomic mass is 35.5. The Morgan fingerprint density at radius 1 is 1.05 bits per heavy atom. The highest BCUT2D eigenvalue weighted by Crippen LogP contribution is 2.27. The van der Waals surface area contributed by atoms with Crippen LogP contribution in [-0.2, 0) is 0 Å². The van der Waals surface area contributed by atoms with Crippen LogP contribution in [0.4, 0.5) is 0 Å². The van der Waals surface area contributed by atoms with Crippen LogP contribution in [0.25, 0.3) is 0 Å². The number of rotatable bonds is 5. The summed E-state index contributed by atoms with van der Waals surface area (Å²) < 4.78 is 5.86. The van der Waals surface area contributed by atoms with Gasteiger partial charge < -0.3 is 4.74 Å². The largest absolute Gasteiger partial charge is 0.492 e. The number of benzene rings is 2. The van der Waals surface area contributed by atoms with Crippen LogP contribution in [-0.4, -0.2) is 12.4 Å². The third-order valence-electron chi connectivity index (χ3n) is 2.77. The van der Waals surface area contributed by atoms with Crippen LogP contribution in [0.2, 0.25) is 5.02 Å². The minimum Gasteiger partial charge on any atom is -0.492 e. The Kier molecular flexibility index (Phi) is 5.17. The maximum absolute atomic E-state index is 6.00. The topological polar surface area (TPSA) is 9.23 Å². The van der Waals surface area contributed by atoms with E-state index in [2.05, 4.69) is 24.3 Å². The number of hydrogen-bond acceptors (Lipinski definition) is 2. The lowest BCUT2D eigenvalue weighted by molar-refractivity contribution is 0.339. The average molecular weight is 293 g/mol. The van der Waals surface area contributed by atoms with E-state index in [-0.39, 0.29) is 0 Å². The highest BCUT2D eigenvalue weighted by molar-refractivity contribution is 7.99. The monoisotopic (exact) mass is 292 g/mol. The maximum Gasteiger partial charge on any atom is 0.125 e. The van der Waals surface area contributed by atoms with Crippen LogP contribution in [0, 0.1) is 13.8 Å². The van der Waals surface area contributed by atoms with Gasteiger partial charge in [0.25, 0.3) is 0 Å². The Morgan fingerprint density at radius 2 is 1.68 bits per heavy atom. The molecule has 2 rings (SSSR count). The fourth-order valence-electron chi connectivity index (χ4n) is 1.95. The van der Waals surface area contributed by atoms with E-state index in [9.17, 15) is 0 Å². The third-order valence-corrected chi connectivity index (χ3v) is 3.96. The molecule has 0 aliphatic heterocycles. The van der Waals surface area contributed by atoms with Crippen molar-refractivity contribution in [3.05, 3.63) is 58.6 Å². The van der Waals surface area contributed by atoms with E-state index in [1.165, 1.54) is 4.90 Å². The Morgan fingerprint density at radius 3 is 2.32 bits per heavy atom. The molecular formula is C16H17ClOS. The summed E-state index contributed by atoms with van der Waals surface area (Å²) in [6.45, 7) is 4.75. The molecule has 0 aliphatic carbocycles. The van der Waals surface area contributed by atoms with Crippen molar-refractivity contribution in [2.45, 2.75) is 18.7 Å². The van der Waals surface area contributed by atoms with Gasteiger partial charge in [-0.1, -0.05) is 29.8 Å². The van der Waals surface area contributed by atoms with E-state index in [0.29, 0.717) is 6.61 Å². The van der Waals surface area contributed by atoms with Crippen molar-refractivity contribution in [3.63, 3.8) is 0 Å². The van der Waals surface area contributed by atoms with Gasteiger partial charge in [0.2, 0.25) is 0 Å². The summed E-state index contributed by atoms with van der Waals surface area (Å²) >= 11 is 7.81. The van der Waals surface area contributed by atoms with Gasteiger partial charge in [-0.3, -0.25) is 0 Å². The van der Waals surface area contributed by atoms with Crippen LogP contribution in [0.5, 0.6) is 5.75 Å². The van der Waals surface area contributed by atoms with Gasteiger partial charge in [0.15, 0.2) is 0 Å². The van der Waals surface area contributed by atoms with Crippen molar-refractivity contribution in [3.8, 4) is 5.75 Å². The minimum absolute atomic E-state index is 0.697. The third kappa shape index (κ3) is 4.19. The van der Waals surface area contributed by atoms with E-state index in [0.717, 1.165) is 27.7 Å². The number of halogens is 1. The first kappa shape index (κ1) is 14.3. The zero-order chi connectivity index (χ0) is 13.7. The van der Waals surface area contributed by atoms with E-state index in [1.807, 2.05) is 32.0 Å². The van der Waals surface area contributed by atoms with E-state index in [4.69, 9.17) is 16.3 Å². The molecule has 0 heterocycles. The van der Waals surface area contributed by atoms with E-state index in [1.54, 1.807) is 11.8 Å². The first-order chi connectivity index (χ1) is 9.16. The Balaban J connectivity index is 1.86. The van der Waals surface area contributed by atoms with Crippen molar-refractivity contribution in [2.24, 2.45) is 0 Å². The molecule has 0 N–H and O–H groups in total. The van der Waals surface area contributed by atoms with Gasteiger partial charge in [0.05, 0.1) is 6.61 Å². The molecule has 0 amide bonds. The molecule has 19 heavy (non-hydrogen) atoms. The predicted molar refractivity (Wildman–Crippen MR) is 83.6 cm³/mol. The molecule has 0 saturated heterocycles. The summed E-state index contributed by atoms with van der Waals surface area (Å²) in [5.74, 6) is 1.89. The van der Waals surface area contributed by atoms with Crippen molar-refractivity contribution in [1.29, 1.82) is 0 Å². The molecule has 0 fully saturated rings. The minimum atomic E-state index is 0.697. The standard InChI is InChI=1S/C16H17ClOS/c1-12-10-14(17)11-13(2)16(12)18-8-9-19-15-6-4-3-5-7-15/h3-7,10-11H,8-9H2,1-2H3. The van der Waals surface area contributed by atoms with Crippen LogP contribution < -0.4 is 4.74 Å². The van der Waals surface area contributed by atoms with Gasteiger partial charge in [-0.05, 0) is 49.2 Å². The zero-order valence-electron chi connectivity index (χ0n) is 11.2. The van der Waals surface area contributed by atoms with Crippen molar-refractivity contribution in [1.82, 2.24) is 0 Å². The van der Waals surface area contributed by atoms with Gasteiger partial charge in [-0.25, -0.2) is 0 Å². The van der Waals surface area contributed by atoms with Gasteiger partial charge in [-0.2, -0.15) is 0 Å². The highest BCUT2D eigenvalue weighted by Gasteiger charge is 2.05. The average Bonchev–Trinajstić information content (AvgIpc) is 2.38. The molecule has 0 radical (unpaired) electrons. The molecule has 0 unspecified atom stereocenters. The molecular weight excluding hydrogens is 276 g/mol. The number of aryl methyl sites for hydroxylation is 2. The molecule has 0 saturated carbocycles. The maximum atomic E-state index is 6.00. The predicted octanol–water partition coefficient (Wildman–Crippen LogP) is 5.13. The molecule has 0 spiro atoms. The summed E-state index contributed by atoms with van der Waals surface area (Å²) in [5.41, 5.74) is 2.18. The molecule has 100 valence electrons. The molecule has 2 aromatic rings. The lowest BCUT2D eigenvalue weighted by atomic mass is 10.1. The second-order valence-corrected chi connectivity index (χ2v) is 5.98. The Labute approximate surface area is 123 Å². The number of thioether (sulfide) groups is 1.